The second-order valence-corrected chi connectivity index (χ2v) is 7.41. The van der Waals surface area contributed by atoms with Crippen LogP contribution in [0.3, 0.4) is 0 Å². The molecule has 0 unspecified atom stereocenters. The van der Waals surface area contributed by atoms with Gasteiger partial charge in [-0.2, -0.15) is 0 Å². The maximum Gasteiger partial charge on any atom is 0.303 e. The molecule has 1 aromatic carbocycles. The summed E-state index contributed by atoms with van der Waals surface area (Å²) in [4.78, 5) is 37.4. The molecule has 0 aromatic heterocycles. The number of likely N-dealkylation sites (tertiary alicyclic amines) is 1. The van der Waals surface area contributed by atoms with Crippen molar-refractivity contribution < 1.29 is 19.5 Å². The van der Waals surface area contributed by atoms with Gasteiger partial charge in [-0.15, -0.1) is 0 Å². The number of carboxylic acid groups (broad SMARTS) is 1. The molecular formula is C19H26N4O4. The lowest BCUT2D eigenvalue weighted by molar-refractivity contribution is -0.155. The molecular weight excluding hydrogens is 348 g/mol. The zero-order chi connectivity index (χ0) is 20.2. The van der Waals surface area contributed by atoms with Crippen LogP contribution in [0.4, 0.5) is 0 Å². The van der Waals surface area contributed by atoms with E-state index < -0.39 is 17.4 Å². The third-order valence-corrected chi connectivity index (χ3v) is 4.86. The molecule has 0 aliphatic carbocycles. The van der Waals surface area contributed by atoms with E-state index >= 15 is 0 Å². The Morgan fingerprint density at radius 1 is 1.30 bits per heavy atom. The van der Waals surface area contributed by atoms with Crippen molar-refractivity contribution in [2.45, 2.75) is 45.7 Å². The average Bonchev–Trinajstić information content (AvgIpc) is 2.57. The third kappa shape index (κ3) is 5.06. The van der Waals surface area contributed by atoms with Crippen LogP contribution in [0.15, 0.2) is 24.3 Å². The summed E-state index contributed by atoms with van der Waals surface area (Å²) in [7, 11) is 0. The highest BCUT2D eigenvalue weighted by molar-refractivity contribution is 5.95. The molecule has 5 N–H and O–H groups in total. The Kier molecular flexibility index (Phi) is 6.20. The van der Waals surface area contributed by atoms with Crippen molar-refractivity contribution in [2.24, 2.45) is 11.1 Å². The van der Waals surface area contributed by atoms with Crippen molar-refractivity contribution in [2.75, 3.05) is 6.54 Å². The van der Waals surface area contributed by atoms with Gasteiger partial charge in [-0.25, -0.2) is 0 Å². The second-order valence-electron chi connectivity index (χ2n) is 7.41. The van der Waals surface area contributed by atoms with Crippen molar-refractivity contribution in [3.05, 3.63) is 35.4 Å². The third-order valence-electron chi connectivity index (χ3n) is 4.86. The molecule has 2 rings (SSSR count). The van der Waals surface area contributed by atoms with Gasteiger partial charge in [-0.1, -0.05) is 38.1 Å². The maximum atomic E-state index is 12.7. The van der Waals surface area contributed by atoms with Gasteiger partial charge in [0.05, 0.1) is 0 Å². The lowest BCUT2D eigenvalue weighted by Crippen LogP contribution is -2.60. The number of nitrogen functional groups attached to an aromatic ring is 1. The smallest absolute Gasteiger partial charge is 0.303 e. The molecule has 2 amide bonds. The highest BCUT2D eigenvalue weighted by atomic mass is 16.4. The molecule has 1 saturated heterocycles. The zero-order valence-electron chi connectivity index (χ0n) is 15.6. The van der Waals surface area contributed by atoms with Crippen LogP contribution in [-0.2, 0) is 20.9 Å². The minimum absolute atomic E-state index is 0.0141. The number of nitrogens with zero attached hydrogens (tertiary/aromatic N) is 1. The first-order valence-electron chi connectivity index (χ1n) is 8.86. The van der Waals surface area contributed by atoms with Crippen LogP contribution in [-0.4, -0.2) is 46.2 Å². The Morgan fingerprint density at radius 2 is 1.93 bits per heavy atom. The Labute approximate surface area is 158 Å². The first-order valence-corrected chi connectivity index (χ1v) is 8.86. The molecule has 27 heavy (non-hydrogen) atoms. The number of nitrogens with one attached hydrogen (secondary N) is 2. The van der Waals surface area contributed by atoms with Crippen LogP contribution < -0.4 is 11.1 Å². The van der Waals surface area contributed by atoms with Crippen LogP contribution in [0.5, 0.6) is 0 Å². The molecule has 0 radical (unpaired) electrons. The summed E-state index contributed by atoms with van der Waals surface area (Å²) in [5, 5.41) is 19.0. The quantitative estimate of drug-likeness (QED) is 0.399. The standard InChI is InChI=1S/C19H26N4O4/c1-19(2,9-7-15(24)25)18(27)23-10-8-14(23)17(26)22-11-12-3-5-13(6-4-12)16(20)21/h3-6,14H,7-11H2,1-2H3,(H3,20,21)(H,22,26)(H,24,25)/t14-/m0/s1. The fourth-order valence-corrected chi connectivity index (χ4v) is 2.93. The van der Waals surface area contributed by atoms with Crippen molar-refractivity contribution in [1.29, 1.82) is 5.41 Å². The second kappa shape index (κ2) is 8.20. The summed E-state index contributed by atoms with van der Waals surface area (Å²) in [5.74, 6) is -1.37. The van der Waals surface area contributed by atoms with Crippen molar-refractivity contribution in [3.8, 4) is 0 Å². The number of aliphatic carboxylic acids is 1. The molecule has 1 fully saturated rings. The summed E-state index contributed by atoms with van der Waals surface area (Å²) >= 11 is 0. The number of benzene rings is 1. The first-order chi connectivity index (χ1) is 12.6. The minimum atomic E-state index is -0.940. The van der Waals surface area contributed by atoms with Crippen LogP contribution >= 0.6 is 0 Å². The molecule has 1 heterocycles. The Bertz CT molecular complexity index is 743. The monoisotopic (exact) mass is 374 g/mol. The number of hydrogen-bond acceptors (Lipinski definition) is 4. The summed E-state index contributed by atoms with van der Waals surface area (Å²) in [6.07, 6.45) is 0.740. The van der Waals surface area contributed by atoms with E-state index in [4.69, 9.17) is 16.2 Å². The lowest BCUT2D eigenvalue weighted by atomic mass is 9.84. The molecule has 0 bridgehead atoms. The molecule has 1 aliphatic heterocycles. The highest BCUT2D eigenvalue weighted by Gasteiger charge is 2.43. The van der Waals surface area contributed by atoms with Gasteiger partial charge in [0, 0.05) is 30.5 Å². The molecule has 1 atom stereocenters. The van der Waals surface area contributed by atoms with Crippen LogP contribution in [0.1, 0.15) is 44.2 Å². The van der Waals surface area contributed by atoms with Crippen LogP contribution in [0.25, 0.3) is 0 Å². The van der Waals surface area contributed by atoms with Gasteiger partial charge in [-0.05, 0) is 18.4 Å². The van der Waals surface area contributed by atoms with Crippen LogP contribution in [0, 0.1) is 10.8 Å². The van der Waals surface area contributed by atoms with Gasteiger partial charge in [0.1, 0.15) is 11.9 Å². The van der Waals surface area contributed by atoms with E-state index in [0.29, 0.717) is 25.1 Å². The average molecular weight is 374 g/mol. The molecule has 8 heteroatoms. The van der Waals surface area contributed by atoms with Gasteiger partial charge in [0.2, 0.25) is 11.8 Å². The molecule has 1 aliphatic rings. The van der Waals surface area contributed by atoms with Crippen molar-refractivity contribution in [1.82, 2.24) is 10.2 Å². The Morgan fingerprint density at radius 3 is 2.41 bits per heavy atom. The SMILES string of the molecule is CC(C)(CCC(=O)O)C(=O)N1CC[C@H]1C(=O)NCc1ccc(C(=N)N)cc1. The normalized spacial score (nSPS) is 16.4. The van der Waals surface area contributed by atoms with E-state index in [9.17, 15) is 14.4 Å². The van der Waals surface area contributed by atoms with E-state index in [2.05, 4.69) is 5.32 Å². The predicted molar refractivity (Wildman–Crippen MR) is 100 cm³/mol. The van der Waals surface area contributed by atoms with Gasteiger partial charge in [-0.3, -0.25) is 19.8 Å². The van der Waals surface area contributed by atoms with E-state index in [-0.39, 0.29) is 30.5 Å². The fourth-order valence-electron chi connectivity index (χ4n) is 2.93. The van der Waals surface area contributed by atoms with Gasteiger partial charge in [0.25, 0.3) is 0 Å². The van der Waals surface area contributed by atoms with Crippen molar-refractivity contribution >= 4 is 23.6 Å². The van der Waals surface area contributed by atoms with Gasteiger partial charge >= 0.3 is 5.97 Å². The largest absolute Gasteiger partial charge is 0.481 e. The topological polar surface area (TPSA) is 137 Å². The number of carbonyl (C=O) groups excluding carboxylic acids is 2. The van der Waals surface area contributed by atoms with Crippen molar-refractivity contribution in [3.63, 3.8) is 0 Å². The minimum Gasteiger partial charge on any atom is -0.481 e. The molecule has 1 aromatic rings. The van der Waals surface area contributed by atoms with E-state index in [1.54, 1.807) is 38.1 Å². The molecule has 146 valence electrons. The highest BCUT2D eigenvalue weighted by Crippen LogP contribution is 2.30. The van der Waals surface area contributed by atoms with Crippen LogP contribution in [0.2, 0.25) is 0 Å². The first kappa shape index (κ1) is 20.4. The predicted octanol–water partition coefficient (Wildman–Crippen LogP) is 1.08. The fraction of sp³-hybridized carbons (Fsp3) is 0.474. The number of hydrogen-bond donors (Lipinski definition) is 4. The Hall–Kier alpha value is -2.90. The van der Waals surface area contributed by atoms with E-state index in [1.165, 1.54) is 4.90 Å². The zero-order valence-corrected chi connectivity index (χ0v) is 15.6. The summed E-state index contributed by atoms with van der Waals surface area (Å²) in [5.41, 5.74) is 6.08. The number of carboxylic acids is 1. The summed E-state index contributed by atoms with van der Waals surface area (Å²) in [6, 6.07) is 6.49. The number of rotatable bonds is 8. The molecule has 0 spiro atoms. The number of nitrogens with two attached hydrogens (primary N) is 1. The lowest BCUT2D eigenvalue weighted by Gasteiger charge is -2.43. The Balaban J connectivity index is 1.90. The maximum absolute atomic E-state index is 12.7. The van der Waals surface area contributed by atoms with E-state index in [0.717, 1.165) is 5.56 Å². The summed E-state index contributed by atoms with van der Waals surface area (Å²) in [6.45, 7) is 4.24. The molecule has 8 nitrogen and oxygen atoms in total. The van der Waals surface area contributed by atoms with Gasteiger partial charge in [0.15, 0.2) is 0 Å². The summed E-state index contributed by atoms with van der Waals surface area (Å²) < 4.78 is 0. The number of amidine groups is 1. The number of amides is 2. The van der Waals surface area contributed by atoms with Gasteiger partial charge < -0.3 is 21.1 Å². The van der Waals surface area contributed by atoms with E-state index in [1.807, 2.05) is 0 Å². The number of carbonyl (C=O) groups is 3. The molecule has 0 saturated carbocycles.